The number of fused-ring (bicyclic) bond motifs is 1. The van der Waals surface area contributed by atoms with Gasteiger partial charge in [0.05, 0.1) is 11.8 Å². The number of nitrogens with zero attached hydrogens (tertiary/aromatic N) is 2. The molecular weight excluding hydrogens is 344 g/mol. The summed E-state index contributed by atoms with van der Waals surface area (Å²) in [5, 5.41) is 2.45. The fraction of sp³-hybridized carbons (Fsp3) is 0.640. The van der Waals surface area contributed by atoms with Crippen molar-refractivity contribution in [2.24, 2.45) is 11.3 Å². The first-order chi connectivity index (χ1) is 13.5. The van der Waals surface area contributed by atoms with Gasteiger partial charge in [-0.25, -0.2) is 0 Å². The Morgan fingerprint density at radius 3 is 2.43 bits per heavy atom. The van der Waals surface area contributed by atoms with Gasteiger partial charge in [0.25, 0.3) is 0 Å². The van der Waals surface area contributed by atoms with Crippen molar-refractivity contribution in [2.75, 3.05) is 13.1 Å². The van der Waals surface area contributed by atoms with Crippen molar-refractivity contribution in [3.63, 3.8) is 0 Å². The van der Waals surface area contributed by atoms with Crippen LogP contribution in [0.1, 0.15) is 71.4 Å². The first-order valence-electron chi connectivity index (χ1n) is 11.2. The predicted molar refractivity (Wildman–Crippen MR) is 117 cm³/mol. The molecule has 0 spiro atoms. The average Bonchev–Trinajstić information content (AvgIpc) is 2.69. The Kier molecular flexibility index (Phi) is 5.91. The maximum atomic E-state index is 6.34. The van der Waals surface area contributed by atoms with Gasteiger partial charge in [-0.1, -0.05) is 33.3 Å². The summed E-state index contributed by atoms with van der Waals surface area (Å²) in [5.41, 5.74) is 1.61. The van der Waals surface area contributed by atoms with Crippen LogP contribution in [0.2, 0.25) is 0 Å². The smallest absolute Gasteiger partial charge is 0.120 e. The van der Waals surface area contributed by atoms with Crippen LogP contribution in [0.4, 0.5) is 0 Å². The molecule has 2 fully saturated rings. The zero-order valence-electron chi connectivity index (χ0n) is 17.9. The summed E-state index contributed by atoms with van der Waals surface area (Å²) >= 11 is 0. The molecule has 3 heteroatoms. The molecule has 2 aromatic rings. The van der Waals surface area contributed by atoms with Crippen LogP contribution in [0.5, 0.6) is 5.75 Å². The van der Waals surface area contributed by atoms with Crippen molar-refractivity contribution in [2.45, 2.75) is 78.4 Å². The first-order valence-corrected chi connectivity index (χ1v) is 11.2. The van der Waals surface area contributed by atoms with E-state index in [4.69, 9.17) is 9.72 Å². The van der Waals surface area contributed by atoms with Crippen LogP contribution in [0.25, 0.3) is 10.8 Å². The third kappa shape index (κ3) is 4.86. The van der Waals surface area contributed by atoms with Crippen LogP contribution in [0.3, 0.4) is 0 Å². The van der Waals surface area contributed by atoms with Crippen molar-refractivity contribution < 1.29 is 4.74 Å². The minimum absolute atomic E-state index is 0.363. The molecule has 0 unspecified atom stereocenters. The molecule has 1 aromatic heterocycles. The maximum absolute atomic E-state index is 6.34. The van der Waals surface area contributed by atoms with Crippen LogP contribution in [-0.2, 0) is 6.54 Å². The van der Waals surface area contributed by atoms with Crippen LogP contribution in [0.15, 0.2) is 30.5 Å². The van der Waals surface area contributed by atoms with Crippen molar-refractivity contribution >= 4 is 10.8 Å². The van der Waals surface area contributed by atoms with E-state index in [9.17, 15) is 0 Å². The largest absolute Gasteiger partial charge is 0.490 e. The lowest BCUT2D eigenvalue weighted by atomic mass is 9.72. The Hall–Kier alpha value is -1.61. The number of hydrogen-bond acceptors (Lipinski definition) is 3. The van der Waals surface area contributed by atoms with Gasteiger partial charge in [-0.05, 0) is 86.5 Å². The highest BCUT2D eigenvalue weighted by Gasteiger charge is 2.30. The Labute approximate surface area is 170 Å². The highest BCUT2D eigenvalue weighted by Crippen LogP contribution is 2.39. The fourth-order valence-electron chi connectivity index (χ4n) is 4.91. The number of likely N-dealkylation sites (tertiary alicyclic amines) is 1. The van der Waals surface area contributed by atoms with Crippen LogP contribution < -0.4 is 4.74 Å². The van der Waals surface area contributed by atoms with Gasteiger partial charge in [0.1, 0.15) is 5.75 Å². The lowest BCUT2D eigenvalue weighted by Gasteiger charge is -2.37. The standard InChI is InChI=1S/C25H36N2O/c1-25(2,3)21-8-11-23(12-9-21)28-24-10-7-19-15-22(26-17-20(19)16-24)18-27-13-5-4-6-14-27/h7,10,15-17,21,23H,4-6,8-9,11-14,18H2,1-3H3. The topological polar surface area (TPSA) is 25.4 Å². The zero-order valence-corrected chi connectivity index (χ0v) is 17.9. The molecule has 1 aliphatic carbocycles. The Morgan fingerprint density at radius 2 is 1.71 bits per heavy atom. The Balaban J connectivity index is 1.37. The molecule has 1 saturated carbocycles. The van der Waals surface area contributed by atoms with E-state index in [1.165, 1.54) is 74.5 Å². The third-order valence-corrected chi connectivity index (χ3v) is 6.79. The number of benzene rings is 1. The van der Waals surface area contributed by atoms with E-state index in [1.807, 2.05) is 6.20 Å². The molecule has 2 heterocycles. The molecule has 1 saturated heterocycles. The lowest BCUT2D eigenvalue weighted by molar-refractivity contribution is 0.0883. The van der Waals surface area contributed by atoms with Crippen molar-refractivity contribution in [1.82, 2.24) is 9.88 Å². The van der Waals surface area contributed by atoms with E-state index >= 15 is 0 Å². The minimum atomic E-state index is 0.363. The molecule has 0 amide bonds. The van der Waals surface area contributed by atoms with E-state index in [0.29, 0.717) is 11.5 Å². The molecule has 0 N–H and O–H groups in total. The second-order valence-corrected chi connectivity index (χ2v) is 9.98. The SMILES string of the molecule is CC(C)(C)C1CCC(Oc2ccc3cc(CN4CCCCC4)ncc3c2)CC1. The number of aromatic nitrogens is 1. The van der Waals surface area contributed by atoms with Gasteiger partial charge in [-0.2, -0.15) is 0 Å². The molecule has 4 rings (SSSR count). The summed E-state index contributed by atoms with van der Waals surface area (Å²) < 4.78 is 6.34. The summed E-state index contributed by atoms with van der Waals surface area (Å²) in [7, 11) is 0. The third-order valence-electron chi connectivity index (χ3n) is 6.79. The molecule has 2 aliphatic rings. The molecule has 3 nitrogen and oxygen atoms in total. The van der Waals surface area contributed by atoms with E-state index < -0.39 is 0 Å². The van der Waals surface area contributed by atoms with E-state index in [1.54, 1.807) is 0 Å². The summed E-state index contributed by atoms with van der Waals surface area (Å²) in [6.45, 7) is 10.5. The molecule has 1 aromatic carbocycles. The molecule has 152 valence electrons. The van der Waals surface area contributed by atoms with E-state index in [2.05, 4.69) is 49.9 Å². The fourth-order valence-corrected chi connectivity index (χ4v) is 4.91. The van der Waals surface area contributed by atoms with Crippen LogP contribution >= 0.6 is 0 Å². The molecule has 1 aliphatic heterocycles. The van der Waals surface area contributed by atoms with Crippen LogP contribution in [-0.4, -0.2) is 29.1 Å². The highest BCUT2D eigenvalue weighted by molar-refractivity contribution is 5.83. The minimum Gasteiger partial charge on any atom is -0.490 e. The normalized spacial score (nSPS) is 24.4. The van der Waals surface area contributed by atoms with Crippen molar-refractivity contribution in [3.05, 3.63) is 36.2 Å². The number of rotatable bonds is 4. The molecule has 0 atom stereocenters. The van der Waals surface area contributed by atoms with E-state index in [0.717, 1.165) is 18.2 Å². The number of hydrogen-bond donors (Lipinski definition) is 0. The summed E-state index contributed by atoms with van der Waals surface area (Å²) in [6.07, 6.45) is 11.3. The Morgan fingerprint density at radius 1 is 0.964 bits per heavy atom. The van der Waals surface area contributed by atoms with Gasteiger partial charge in [-0.3, -0.25) is 9.88 Å². The molecule has 0 bridgehead atoms. The van der Waals surface area contributed by atoms with Gasteiger partial charge >= 0.3 is 0 Å². The van der Waals surface area contributed by atoms with Gasteiger partial charge in [0, 0.05) is 18.1 Å². The van der Waals surface area contributed by atoms with Gasteiger partial charge in [-0.15, -0.1) is 0 Å². The summed E-state index contributed by atoms with van der Waals surface area (Å²) in [6, 6.07) is 8.76. The number of ether oxygens (including phenoxy) is 1. The van der Waals surface area contributed by atoms with E-state index in [-0.39, 0.29) is 0 Å². The maximum Gasteiger partial charge on any atom is 0.120 e. The molecular formula is C25H36N2O. The highest BCUT2D eigenvalue weighted by atomic mass is 16.5. The zero-order chi connectivity index (χ0) is 19.6. The second-order valence-electron chi connectivity index (χ2n) is 9.98. The molecule has 0 radical (unpaired) electrons. The predicted octanol–water partition coefficient (Wildman–Crippen LogP) is 6.20. The average molecular weight is 381 g/mol. The quantitative estimate of drug-likeness (QED) is 0.631. The first kappa shape index (κ1) is 19.7. The summed E-state index contributed by atoms with van der Waals surface area (Å²) in [4.78, 5) is 7.26. The van der Waals surface area contributed by atoms with Crippen molar-refractivity contribution in [1.29, 1.82) is 0 Å². The lowest BCUT2D eigenvalue weighted by Crippen LogP contribution is -2.30. The number of pyridine rings is 1. The van der Waals surface area contributed by atoms with Crippen molar-refractivity contribution in [3.8, 4) is 5.75 Å². The second kappa shape index (κ2) is 8.41. The number of piperidine rings is 1. The van der Waals surface area contributed by atoms with Gasteiger partial charge < -0.3 is 4.74 Å². The molecule has 28 heavy (non-hydrogen) atoms. The summed E-state index contributed by atoms with van der Waals surface area (Å²) in [5.74, 6) is 1.82. The van der Waals surface area contributed by atoms with Crippen LogP contribution in [0, 0.1) is 11.3 Å². The van der Waals surface area contributed by atoms with Gasteiger partial charge in [0.15, 0.2) is 0 Å². The Bertz CT molecular complexity index is 781. The monoisotopic (exact) mass is 380 g/mol. The van der Waals surface area contributed by atoms with Gasteiger partial charge in [0.2, 0.25) is 0 Å².